The summed E-state index contributed by atoms with van der Waals surface area (Å²) in [5.41, 5.74) is 0. The molecule has 2 heterocycles. The first-order valence-corrected chi connectivity index (χ1v) is 5.73. The van der Waals surface area contributed by atoms with Crippen LogP contribution >= 0.6 is 0 Å². The molecule has 98 valence electrons. The van der Waals surface area contributed by atoms with Gasteiger partial charge >= 0.3 is 6.55 Å². The number of imidazole rings is 2. The predicted octanol–water partition coefficient (Wildman–Crippen LogP) is 1.63. The van der Waals surface area contributed by atoms with Gasteiger partial charge in [-0.05, 0) is 6.54 Å². The van der Waals surface area contributed by atoms with Crippen molar-refractivity contribution in [1.29, 1.82) is 0 Å². The van der Waals surface area contributed by atoms with Crippen LogP contribution in [0.1, 0.15) is 25.1 Å². The van der Waals surface area contributed by atoms with Gasteiger partial charge in [0, 0.05) is 24.8 Å². The standard InChI is InChI=1S/C11H15F2N5/c1-2-14-7-9-15-3-5-17(9)8-10-16-4-6-18(10)11(12)13/h3-6,11,14H,2,7-8H2,1H3. The van der Waals surface area contributed by atoms with Crippen molar-refractivity contribution >= 4 is 0 Å². The number of hydrogen-bond acceptors (Lipinski definition) is 3. The van der Waals surface area contributed by atoms with E-state index in [9.17, 15) is 8.78 Å². The van der Waals surface area contributed by atoms with Gasteiger partial charge in [0.2, 0.25) is 0 Å². The SMILES string of the molecule is CCNCc1nccn1Cc1nccn1C(F)F. The van der Waals surface area contributed by atoms with Gasteiger partial charge in [-0.25, -0.2) is 9.97 Å². The zero-order valence-electron chi connectivity index (χ0n) is 10.1. The predicted molar refractivity (Wildman–Crippen MR) is 62.2 cm³/mol. The summed E-state index contributed by atoms with van der Waals surface area (Å²) in [7, 11) is 0. The molecule has 0 aliphatic heterocycles. The van der Waals surface area contributed by atoms with E-state index in [4.69, 9.17) is 0 Å². The van der Waals surface area contributed by atoms with Crippen LogP contribution in [-0.2, 0) is 13.1 Å². The van der Waals surface area contributed by atoms with Crippen LogP contribution in [0.2, 0.25) is 0 Å². The second kappa shape index (κ2) is 5.72. The lowest BCUT2D eigenvalue weighted by Gasteiger charge is -2.10. The third-order valence-electron chi connectivity index (χ3n) is 2.61. The molecule has 0 radical (unpaired) electrons. The summed E-state index contributed by atoms with van der Waals surface area (Å²) in [6, 6.07) is 0. The van der Waals surface area contributed by atoms with Gasteiger partial charge < -0.3 is 9.88 Å². The number of hydrogen-bond donors (Lipinski definition) is 1. The minimum Gasteiger partial charge on any atom is -0.326 e. The lowest BCUT2D eigenvalue weighted by atomic mass is 10.5. The first kappa shape index (κ1) is 12.7. The molecule has 2 aromatic rings. The number of nitrogens with zero attached hydrogens (tertiary/aromatic N) is 4. The highest BCUT2D eigenvalue weighted by Crippen LogP contribution is 2.13. The highest BCUT2D eigenvalue weighted by atomic mass is 19.3. The minimum atomic E-state index is -2.57. The molecule has 0 amide bonds. The van der Waals surface area contributed by atoms with Crippen molar-refractivity contribution in [3.05, 3.63) is 36.4 Å². The second-order valence-corrected chi connectivity index (χ2v) is 3.78. The van der Waals surface area contributed by atoms with Crippen molar-refractivity contribution < 1.29 is 8.78 Å². The molecule has 0 bridgehead atoms. The Bertz CT molecular complexity index is 491. The third-order valence-corrected chi connectivity index (χ3v) is 2.61. The molecule has 0 unspecified atom stereocenters. The number of nitrogens with one attached hydrogen (secondary N) is 1. The summed E-state index contributed by atoms with van der Waals surface area (Å²) in [6.07, 6.45) is 6.07. The van der Waals surface area contributed by atoms with Crippen molar-refractivity contribution in [2.45, 2.75) is 26.6 Å². The number of rotatable bonds is 6. The molecule has 0 fully saturated rings. The van der Waals surface area contributed by atoms with E-state index in [1.165, 1.54) is 12.4 Å². The van der Waals surface area contributed by atoms with E-state index < -0.39 is 6.55 Å². The Hall–Kier alpha value is -1.76. The number of alkyl halides is 2. The van der Waals surface area contributed by atoms with E-state index in [0.29, 0.717) is 12.4 Å². The summed E-state index contributed by atoms with van der Waals surface area (Å²) in [5.74, 6) is 1.13. The molecule has 5 nitrogen and oxygen atoms in total. The quantitative estimate of drug-likeness (QED) is 0.853. The Morgan fingerprint density at radius 1 is 1.22 bits per heavy atom. The maximum atomic E-state index is 12.7. The molecule has 2 aromatic heterocycles. The van der Waals surface area contributed by atoms with Crippen LogP contribution in [0.25, 0.3) is 0 Å². The Balaban J connectivity index is 2.13. The lowest BCUT2D eigenvalue weighted by molar-refractivity contribution is 0.0666. The van der Waals surface area contributed by atoms with Crippen LogP contribution in [0.15, 0.2) is 24.8 Å². The summed E-state index contributed by atoms with van der Waals surface area (Å²) >= 11 is 0. The van der Waals surface area contributed by atoms with Crippen LogP contribution in [0.5, 0.6) is 0 Å². The Kier molecular flexibility index (Phi) is 4.03. The van der Waals surface area contributed by atoms with E-state index in [2.05, 4.69) is 15.3 Å². The monoisotopic (exact) mass is 255 g/mol. The first-order valence-electron chi connectivity index (χ1n) is 5.73. The summed E-state index contributed by atoms with van der Waals surface area (Å²) < 4.78 is 28.0. The van der Waals surface area contributed by atoms with Gasteiger partial charge in [0.25, 0.3) is 0 Å². The number of aromatic nitrogens is 4. The van der Waals surface area contributed by atoms with Gasteiger partial charge in [0.1, 0.15) is 11.6 Å². The van der Waals surface area contributed by atoms with Gasteiger partial charge in [0.05, 0.1) is 13.1 Å². The Labute approximate surface area is 103 Å². The van der Waals surface area contributed by atoms with Crippen molar-refractivity contribution in [1.82, 2.24) is 24.4 Å². The topological polar surface area (TPSA) is 47.7 Å². The molecular formula is C11H15F2N5. The maximum absolute atomic E-state index is 12.7. The highest BCUT2D eigenvalue weighted by Gasteiger charge is 2.12. The van der Waals surface area contributed by atoms with E-state index >= 15 is 0 Å². The van der Waals surface area contributed by atoms with Crippen LogP contribution in [-0.4, -0.2) is 25.6 Å². The molecule has 0 saturated carbocycles. The van der Waals surface area contributed by atoms with Gasteiger partial charge in [-0.3, -0.25) is 4.57 Å². The van der Waals surface area contributed by atoms with Crippen molar-refractivity contribution in [3.63, 3.8) is 0 Å². The summed E-state index contributed by atoms with van der Waals surface area (Å²) in [4.78, 5) is 8.13. The van der Waals surface area contributed by atoms with Gasteiger partial charge in [-0.1, -0.05) is 6.92 Å². The number of halogens is 2. The normalized spacial score (nSPS) is 11.3. The van der Waals surface area contributed by atoms with Gasteiger partial charge in [-0.2, -0.15) is 8.78 Å². The van der Waals surface area contributed by atoms with E-state index in [-0.39, 0.29) is 6.54 Å². The Morgan fingerprint density at radius 3 is 2.67 bits per heavy atom. The fraction of sp³-hybridized carbons (Fsp3) is 0.455. The molecule has 0 spiro atoms. The van der Waals surface area contributed by atoms with E-state index in [1.54, 1.807) is 12.4 Å². The van der Waals surface area contributed by atoms with Crippen LogP contribution < -0.4 is 5.32 Å². The largest absolute Gasteiger partial charge is 0.326 e. The van der Waals surface area contributed by atoms with Crippen LogP contribution in [0.3, 0.4) is 0 Å². The van der Waals surface area contributed by atoms with Crippen molar-refractivity contribution in [2.24, 2.45) is 0 Å². The van der Waals surface area contributed by atoms with Gasteiger partial charge in [0.15, 0.2) is 0 Å². The average molecular weight is 255 g/mol. The fourth-order valence-electron chi connectivity index (χ4n) is 1.68. The second-order valence-electron chi connectivity index (χ2n) is 3.78. The van der Waals surface area contributed by atoms with Crippen molar-refractivity contribution in [2.75, 3.05) is 6.54 Å². The van der Waals surface area contributed by atoms with Crippen LogP contribution in [0.4, 0.5) is 8.78 Å². The van der Waals surface area contributed by atoms with Gasteiger partial charge in [-0.15, -0.1) is 0 Å². The zero-order chi connectivity index (χ0) is 13.0. The maximum Gasteiger partial charge on any atom is 0.319 e. The molecule has 0 aromatic carbocycles. The molecule has 0 aliphatic carbocycles. The highest BCUT2D eigenvalue weighted by molar-refractivity contribution is 4.99. The Morgan fingerprint density at radius 2 is 1.94 bits per heavy atom. The fourth-order valence-corrected chi connectivity index (χ4v) is 1.68. The summed E-state index contributed by atoms with van der Waals surface area (Å²) in [6.45, 7) is 1.16. The molecule has 0 saturated heterocycles. The zero-order valence-corrected chi connectivity index (χ0v) is 10.1. The van der Waals surface area contributed by atoms with Crippen LogP contribution in [0, 0.1) is 0 Å². The van der Waals surface area contributed by atoms with E-state index in [1.807, 2.05) is 11.5 Å². The molecule has 0 atom stereocenters. The lowest BCUT2D eigenvalue weighted by Crippen LogP contribution is -2.17. The first-order chi connectivity index (χ1) is 8.72. The molecule has 2 rings (SSSR count). The third kappa shape index (κ3) is 2.73. The van der Waals surface area contributed by atoms with Crippen molar-refractivity contribution in [3.8, 4) is 0 Å². The molecule has 1 N–H and O–H groups in total. The molecular weight excluding hydrogens is 240 g/mol. The smallest absolute Gasteiger partial charge is 0.319 e. The summed E-state index contributed by atoms with van der Waals surface area (Å²) in [5, 5.41) is 3.15. The minimum absolute atomic E-state index is 0.290. The van der Waals surface area contributed by atoms with E-state index in [0.717, 1.165) is 16.9 Å². The molecule has 18 heavy (non-hydrogen) atoms. The average Bonchev–Trinajstić information content (AvgIpc) is 2.96. The molecule has 7 heteroatoms. The molecule has 0 aliphatic rings.